The molecule has 2 aromatic heterocycles. The number of aromatic nitrogens is 3. The van der Waals surface area contributed by atoms with Crippen molar-refractivity contribution in [2.24, 2.45) is 7.05 Å². The quantitative estimate of drug-likeness (QED) is 0.581. The molecule has 0 aliphatic heterocycles. The lowest BCUT2D eigenvalue weighted by Gasteiger charge is -2.12. The van der Waals surface area contributed by atoms with Crippen LogP contribution in [0.5, 0.6) is 0 Å². The zero-order chi connectivity index (χ0) is 20.1. The highest BCUT2D eigenvalue weighted by molar-refractivity contribution is 7.98. The molecule has 2 heterocycles. The summed E-state index contributed by atoms with van der Waals surface area (Å²) in [6.45, 7) is 4.30. The van der Waals surface area contributed by atoms with Crippen LogP contribution in [0.2, 0.25) is 0 Å². The van der Waals surface area contributed by atoms with Gasteiger partial charge in [-0.15, -0.1) is 10.2 Å². The third-order valence-corrected chi connectivity index (χ3v) is 5.46. The van der Waals surface area contributed by atoms with Gasteiger partial charge >= 0.3 is 0 Å². The molecule has 1 atom stereocenters. The van der Waals surface area contributed by atoms with Gasteiger partial charge in [0.05, 0.1) is 6.04 Å². The highest BCUT2D eigenvalue weighted by Gasteiger charge is 2.20. The highest BCUT2D eigenvalue weighted by atomic mass is 32.2. The van der Waals surface area contributed by atoms with Gasteiger partial charge in [0, 0.05) is 19.9 Å². The van der Waals surface area contributed by atoms with E-state index in [1.807, 2.05) is 30.7 Å². The second kappa shape index (κ2) is 9.07. The van der Waals surface area contributed by atoms with E-state index in [-0.39, 0.29) is 17.7 Å². The fourth-order valence-corrected chi connectivity index (χ4v) is 3.79. The van der Waals surface area contributed by atoms with Gasteiger partial charge in [-0.2, -0.15) is 0 Å². The van der Waals surface area contributed by atoms with Gasteiger partial charge in [-0.25, -0.2) is 0 Å². The molecule has 0 bridgehead atoms. The fourth-order valence-electron chi connectivity index (χ4n) is 2.80. The first kappa shape index (κ1) is 20.2. The maximum absolute atomic E-state index is 12.4. The Morgan fingerprint density at radius 2 is 2.07 bits per heavy atom. The van der Waals surface area contributed by atoms with E-state index in [2.05, 4.69) is 34.6 Å². The molecule has 3 aromatic rings. The first-order valence-electron chi connectivity index (χ1n) is 8.94. The molecule has 7 nitrogen and oxygen atoms in total. The van der Waals surface area contributed by atoms with E-state index < -0.39 is 0 Å². The summed E-state index contributed by atoms with van der Waals surface area (Å²) in [4.78, 5) is 12.4. The van der Waals surface area contributed by atoms with E-state index in [1.54, 1.807) is 31.0 Å². The van der Waals surface area contributed by atoms with Crippen molar-refractivity contribution in [3.63, 3.8) is 0 Å². The summed E-state index contributed by atoms with van der Waals surface area (Å²) in [5.41, 5.74) is 2.52. The van der Waals surface area contributed by atoms with E-state index in [0.29, 0.717) is 18.2 Å². The zero-order valence-electron chi connectivity index (χ0n) is 16.4. The van der Waals surface area contributed by atoms with Crippen LogP contribution in [0.1, 0.15) is 46.2 Å². The van der Waals surface area contributed by atoms with Gasteiger partial charge in [-0.05, 0) is 37.1 Å². The average Bonchev–Trinajstić information content (AvgIpc) is 3.28. The van der Waals surface area contributed by atoms with Crippen molar-refractivity contribution in [2.45, 2.75) is 37.4 Å². The standard InChI is InChI=1S/C20H24N4O3S/c1-13-7-5-6-8-15(13)12-28-20-23-22-18(24(20)3)14(2)21-19(25)17-10-9-16(27-17)11-26-4/h5-10,14H,11-12H2,1-4H3,(H,21,25)/t14-/m1/s1. The number of furan rings is 1. The number of ether oxygens (including phenoxy) is 1. The molecule has 148 valence electrons. The number of thioether (sulfide) groups is 1. The van der Waals surface area contributed by atoms with Crippen LogP contribution in [-0.2, 0) is 24.1 Å². The Morgan fingerprint density at radius 1 is 1.29 bits per heavy atom. The topological polar surface area (TPSA) is 82.2 Å². The summed E-state index contributed by atoms with van der Waals surface area (Å²) in [7, 11) is 3.48. The summed E-state index contributed by atoms with van der Waals surface area (Å²) in [6, 6.07) is 11.3. The number of nitrogens with one attached hydrogen (secondary N) is 1. The molecule has 0 radical (unpaired) electrons. The van der Waals surface area contributed by atoms with Crippen molar-refractivity contribution in [1.29, 1.82) is 0 Å². The molecule has 0 saturated carbocycles. The number of amides is 1. The van der Waals surface area contributed by atoms with E-state index >= 15 is 0 Å². The second-order valence-corrected chi connectivity index (χ2v) is 7.45. The minimum atomic E-state index is -0.311. The van der Waals surface area contributed by atoms with Gasteiger partial charge in [0.2, 0.25) is 0 Å². The van der Waals surface area contributed by atoms with Crippen molar-refractivity contribution in [2.75, 3.05) is 7.11 Å². The molecule has 0 spiro atoms. The SMILES string of the molecule is COCc1ccc(C(=O)N[C@H](C)c2nnc(SCc3ccccc3C)n2C)o1. The maximum atomic E-state index is 12.4. The maximum Gasteiger partial charge on any atom is 0.287 e. The Balaban J connectivity index is 1.63. The third-order valence-electron chi connectivity index (χ3n) is 4.39. The monoisotopic (exact) mass is 400 g/mol. The van der Waals surface area contributed by atoms with Crippen LogP contribution in [0.15, 0.2) is 46.0 Å². The Bertz CT molecular complexity index is 951. The van der Waals surface area contributed by atoms with Crippen molar-refractivity contribution < 1.29 is 13.9 Å². The number of methoxy groups -OCH3 is 1. The molecule has 0 saturated heterocycles. The van der Waals surface area contributed by atoms with E-state index in [0.717, 1.165) is 10.9 Å². The van der Waals surface area contributed by atoms with Gasteiger partial charge in [0.15, 0.2) is 16.7 Å². The Hall–Kier alpha value is -2.58. The van der Waals surface area contributed by atoms with E-state index in [9.17, 15) is 4.79 Å². The molecule has 1 N–H and O–H groups in total. The molecular weight excluding hydrogens is 376 g/mol. The number of carbonyl (C=O) groups is 1. The summed E-state index contributed by atoms with van der Waals surface area (Å²) in [5.74, 6) is 2.05. The first-order chi connectivity index (χ1) is 13.5. The van der Waals surface area contributed by atoms with Crippen LogP contribution in [-0.4, -0.2) is 27.8 Å². The Labute approximate surface area is 168 Å². The van der Waals surface area contributed by atoms with Gasteiger partial charge in [0.1, 0.15) is 12.4 Å². The van der Waals surface area contributed by atoms with Gasteiger partial charge < -0.3 is 19.0 Å². The summed E-state index contributed by atoms with van der Waals surface area (Å²) in [6.07, 6.45) is 0. The Morgan fingerprint density at radius 3 is 2.82 bits per heavy atom. The predicted molar refractivity (Wildman–Crippen MR) is 107 cm³/mol. The lowest BCUT2D eigenvalue weighted by atomic mass is 10.1. The van der Waals surface area contributed by atoms with E-state index in [4.69, 9.17) is 9.15 Å². The van der Waals surface area contributed by atoms with Crippen molar-refractivity contribution in [1.82, 2.24) is 20.1 Å². The number of hydrogen-bond acceptors (Lipinski definition) is 6. The molecule has 0 fully saturated rings. The third kappa shape index (κ3) is 4.63. The summed E-state index contributed by atoms with van der Waals surface area (Å²) >= 11 is 1.62. The number of aryl methyl sites for hydroxylation is 1. The number of rotatable bonds is 8. The summed E-state index contributed by atoms with van der Waals surface area (Å²) in [5, 5.41) is 12.2. The van der Waals surface area contributed by atoms with Gasteiger partial charge in [0.25, 0.3) is 5.91 Å². The molecule has 0 aliphatic carbocycles. The number of benzene rings is 1. The lowest BCUT2D eigenvalue weighted by molar-refractivity contribution is 0.0901. The Kier molecular flexibility index (Phi) is 6.53. The number of carbonyl (C=O) groups excluding carboxylic acids is 1. The summed E-state index contributed by atoms with van der Waals surface area (Å²) < 4.78 is 12.4. The van der Waals surface area contributed by atoms with Crippen molar-refractivity contribution in [3.05, 3.63) is 64.9 Å². The van der Waals surface area contributed by atoms with Crippen LogP contribution in [0.3, 0.4) is 0 Å². The molecule has 0 unspecified atom stereocenters. The number of hydrogen-bond donors (Lipinski definition) is 1. The molecule has 3 rings (SSSR count). The smallest absolute Gasteiger partial charge is 0.287 e. The normalized spacial score (nSPS) is 12.1. The highest BCUT2D eigenvalue weighted by Crippen LogP contribution is 2.24. The molecule has 0 aliphatic rings. The molecular formula is C20H24N4O3S. The van der Waals surface area contributed by atoms with Crippen LogP contribution in [0, 0.1) is 6.92 Å². The van der Waals surface area contributed by atoms with Crippen LogP contribution >= 0.6 is 11.8 Å². The predicted octanol–water partition coefficient (Wildman–Crippen LogP) is 3.65. The van der Waals surface area contributed by atoms with Crippen LogP contribution in [0.25, 0.3) is 0 Å². The van der Waals surface area contributed by atoms with Crippen LogP contribution in [0.4, 0.5) is 0 Å². The lowest BCUT2D eigenvalue weighted by Crippen LogP contribution is -2.28. The van der Waals surface area contributed by atoms with Gasteiger partial charge in [-0.3, -0.25) is 4.79 Å². The largest absolute Gasteiger partial charge is 0.453 e. The second-order valence-electron chi connectivity index (χ2n) is 6.51. The van der Waals surface area contributed by atoms with E-state index in [1.165, 1.54) is 11.1 Å². The number of nitrogens with zero attached hydrogens (tertiary/aromatic N) is 3. The molecule has 28 heavy (non-hydrogen) atoms. The average molecular weight is 401 g/mol. The molecule has 1 aromatic carbocycles. The molecule has 1 amide bonds. The molecule has 8 heteroatoms. The van der Waals surface area contributed by atoms with Crippen molar-refractivity contribution in [3.8, 4) is 0 Å². The minimum Gasteiger partial charge on any atom is -0.453 e. The minimum absolute atomic E-state index is 0.246. The first-order valence-corrected chi connectivity index (χ1v) is 9.93. The van der Waals surface area contributed by atoms with Gasteiger partial charge in [-0.1, -0.05) is 36.0 Å². The van der Waals surface area contributed by atoms with Crippen molar-refractivity contribution >= 4 is 17.7 Å². The van der Waals surface area contributed by atoms with Crippen LogP contribution < -0.4 is 5.32 Å². The fraction of sp³-hybridized carbons (Fsp3) is 0.350. The zero-order valence-corrected chi connectivity index (χ0v) is 17.2.